The molecule has 0 bridgehead atoms. The molecule has 8 heteroatoms. The van der Waals surface area contributed by atoms with Crippen molar-refractivity contribution in [3.05, 3.63) is 54.1 Å². The van der Waals surface area contributed by atoms with Crippen molar-refractivity contribution >= 4 is 23.1 Å². The molecule has 2 aromatic rings. The fraction of sp³-hybridized carbons (Fsp3) is 0.417. The van der Waals surface area contributed by atoms with E-state index >= 15 is 0 Å². The van der Waals surface area contributed by atoms with Gasteiger partial charge in [-0.05, 0) is 62.5 Å². The zero-order valence-corrected chi connectivity index (χ0v) is 18.6. The standard InChI is InChI=1S/C24H31N3O5/c1-18(28)19-3-9-23(10-4-19)32-17-22(29)15-26(2)16-24(30)25-20-5-7-21(8-6-20)27-11-13-31-14-12-27/h3-10,22,29H,11-17H2,1-2H3,(H,25,30). The molecule has 172 valence electrons. The van der Waals surface area contributed by atoms with Gasteiger partial charge in [0.25, 0.3) is 0 Å². The summed E-state index contributed by atoms with van der Waals surface area (Å²) in [5.74, 6) is 0.416. The van der Waals surface area contributed by atoms with Crippen LogP contribution in [-0.4, -0.2) is 80.8 Å². The van der Waals surface area contributed by atoms with Gasteiger partial charge in [0.1, 0.15) is 18.5 Å². The Morgan fingerprint density at radius 1 is 1.12 bits per heavy atom. The molecule has 1 atom stereocenters. The number of nitrogens with one attached hydrogen (secondary N) is 1. The Kier molecular flexibility index (Phi) is 8.61. The Morgan fingerprint density at radius 3 is 2.41 bits per heavy atom. The molecule has 1 amide bonds. The van der Waals surface area contributed by atoms with Gasteiger partial charge < -0.3 is 24.8 Å². The van der Waals surface area contributed by atoms with Gasteiger partial charge in [0.15, 0.2) is 5.78 Å². The highest BCUT2D eigenvalue weighted by atomic mass is 16.5. The van der Waals surface area contributed by atoms with Gasteiger partial charge in [-0.3, -0.25) is 14.5 Å². The van der Waals surface area contributed by atoms with Gasteiger partial charge in [0.2, 0.25) is 5.91 Å². The van der Waals surface area contributed by atoms with Gasteiger partial charge in [-0.1, -0.05) is 0 Å². The number of anilines is 2. The van der Waals surface area contributed by atoms with Gasteiger partial charge in [0.05, 0.1) is 19.8 Å². The summed E-state index contributed by atoms with van der Waals surface area (Å²) in [6, 6.07) is 14.5. The average molecular weight is 442 g/mol. The van der Waals surface area contributed by atoms with Gasteiger partial charge in [-0.25, -0.2) is 0 Å². The number of hydrogen-bond acceptors (Lipinski definition) is 7. The molecule has 1 aliphatic heterocycles. The molecule has 1 fully saturated rings. The average Bonchev–Trinajstić information content (AvgIpc) is 2.79. The predicted molar refractivity (Wildman–Crippen MR) is 124 cm³/mol. The normalized spacial score (nSPS) is 14.8. The Labute approximate surface area is 188 Å². The fourth-order valence-corrected chi connectivity index (χ4v) is 3.48. The van der Waals surface area contributed by atoms with E-state index in [2.05, 4.69) is 10.2 Å². The summed E-state index contributed by atoms with van der Waals surface area (Å²) in [6.45, 7) is 5.23. The summed E-state index contributed by atoms with van der Waals surface area (Å²) >= 11 is 0. The topological polar surface area (TPSA) is 91.3 Å². The second kappa shape index (κ2) is 11.6. The second-order valence-corrected chi connectivity index (χ2v) is 7.94. The lowest BCUT2D eigenvalue weighted by Crippen LogP contribution is -2.37. The van der Waals surface area contributed by atoms with Crippen LogP contribution in [0.25, 0.3) is 0 Å². The zero-order valence-electron chi connectivity index (χ0n) is 18.6. The van der Waals surface area contributed by atoms with Crippen LogP contribution in [-0.2, 0) is 9.53 Å². The maximum atomic E-state index is 12.3. The number of nitrogens with zero attached hydrogens (tertiary/aromatic N) is 2. The van der Waals surface area contributed by atoms with E-state index in [-0.39, 0.29) is 31.4 Å². The maximum Gasteiger partial charge on any atom is 0.238 e. The van der Waals surface area contributed by atoms with Crippen LogP contribution >= 0.6 is 0 Å². The first-order valence-electron chi connectivity index (χ1n) is 10.7. The summed E-state index contributed by atoms with van der Waals surface area (Å²) < 4.78 is 10.9. The highest BCUT2D eigenvalue weighted by Crippen LogP contribution is 2.19. The second-order valence-electron chi connectivity index (χ2n) is 7.94. The molecule has 0 radical (unpaired) electrons. The van der Waals surface area contributed by atoms with E-state index in [0.29, 0.717) is 11.3 Å². The maximum absolute atomic E-state index is 12.3. The molecule has 3 rings (SSSR count). The van der Waals surface area contributed by atoms with Crippen molar-refractivity contribution in [2.75, 3.05) is 63.3 Å². The number of aliphatic hydroxyl groups excluding tert-OH is 1. The minimum Gasteiger partial charge on any atom is -0.491 e. The van der Waals surface area contributed by atoms with Crippen LogP contribution in [0.4, 0.5) is 11.4 Å². The Bertz CT molecular complexity index is 880. The first-order valence-corrected chi connectivity index (χ1v) is 10.7. The molecular formula is C24H31N3O5. The molecule has 1 heterocycles. The Balaban J connectivity index is 1.38. The Hall–Kier alpha value is -2.94. The monoisotopic (exact) mass is 441 g/mol. The molecule has 2 aromatic carbocycles. The zero-order chi connectivity index (χ0) is 22.9. The van der Waals surface area contributed by atoms with Crippen molar-refractivity contribution in [3.63, 3.8) is 0 Å². The number of ketones is 1. The van der Waals surface area contributed by atoms with E-state index in [1.54, 1.807) is 36.2 Å². The molecule has 0 aliphatic carbocycles. The summed E-state index contributed by atoms with van der Waals surface area (Å²) in [5.41, 5.74) is 2.46. The third-order valence-corrected chi connectivity index (χ3v) is 5.17. The van der Waals surface area contributed by atoms with Crippen LogP contribution in [0.15, 0.2) is 48.5 Å². The molecule has 0 spiro atoms. The van der Waals surface area contributed by atoms with E-state index in [9.17, 15) is 14.7 Å². The molecule has 32 heavy (non-hydrogen) atoms. The van der Waals surface area contributed by atoms with Crippen LogP contribution in [0.1, 0.15) is 17.3 Å². The van der Waals surface area contributed by atoms with Gasteiger partial charge >= 0.3 is 0 Å². The van der Waals surface area contributed by atoms with Crippen molar-refractivity contribution in [2.24, 2.45) is 0 Å². The van der Waals surface area contributed by atoms with E-state index in [0.717, 1.165) is 37.7 Å². The van der Waals surface area contributed by atoms with Crippen LogP contribution < -0.4 is 15.0 Å². The number of benzene rings is 2. The van der Waals surface area contributed by atoms with Crippen LogP contribution in [0.2, 0.25) is 0 Å². The smallest absolute Gasteiger partial charge is 0.238 e. The lowest BCUT2D eigenvalue weighted by molar-refractivity contribution is -0.117. The number of morpholine rings is 1. The van der Waals surface area contributed by atoms with Gasteiger partial charge in [-0.15, -0.1) is 0 Å². The quantitative estimate of drug-likeness (QED) is 0.545. The molecule has 8 nitrogen and oxygen atoms in total. The van der Waals surface area contributed by atoms with Crippen molar-refractivity contribution in [2.45, 2.75) is 13.0 Å². The number of aliphatic hydroxyl groups is 1. The van der Waals surface area contributed by atoms with Crippen molar-refractivity contribution in [1.29, 1.82) is 0 Å². The number of amides is 1. The van der Waals surface area contributed by atoms with Gasteiger partial charge in [-0.2, -0.15) is 0 Å². The number of rotatable bonds is 10. The summed E-state index contributed by atoms with van der Waals surface area (Å²) in [4.78, 5) is 27.6. The number of ether oxygens (including phenoxy) is 2. The lowest BCUT2D eigenvalue weighted by atomic mass is 10.1. The SMILES string of the molecule is CC(=O)c1ccc(OCC(O)CN(C)CC(=O)Nc2ccc(N3CCOCC3)cc2)cc1. The molecule has 0 saturated carbocycles. The van der Waals surface area contributed by atoms with E-state index in [1.165, 1.54) is 6.92 Å². The number of Topliss-reactive ketones (excluding diaryl/α,β-unsaturated/α-hetero) is 1. The third kappa shape index (κ3) is 7.33. The van der Waals surface area contributed by atoms with E-state index in [4.69, 9.17) is 9.47 Å². The summed E-state index contributed by atoms with van der Waals surface area (Å²) in [6.07, 6.45) is -0.756. The Morgan fingerprint density at radius 2 is 1.78 bits per heavy atom. The van der Waals surface area contributed by atoms with Crippen molar-refractivity contribution < 1.29 is 24.2 Å². The highest BCUT2D eigenvalue weighted by molar-refractivity contribution is 5.94. The van der Waals surface area contributed by atoms with E-state index in [1.807, 2.05) is 24.3 Å². The van der Waals surface area contributed by atoms with Crippen LogP contribution in [0.3, 0.4) is 0 Å². The molecule has 2 N–H and O–H groups in total. The summed E-state index contributed by atoms with van der Waals surface area (Å²) in [7, 11) is 1.77. The largest absolute Gasteiger partial charge is 0.491 e. The number of likely N-dealkylation sites (N-methyl/N-ethyl adjacent to an activating group) is 1. The van der Waals surface area contributed by atoms with Crippen molar-refractivity contribution in [3.8, 4) is 5.75 Å². The van der Waals surface area contributed by atoms with E-state index < -0.39 is 6.10 Å². The molecule has 1 saturated heterocycles. The first kappa shape index (κ1) is 23.7. The highest BCUT2D eigenvalue weighted by Gasteiger charge is 2.14. The van der Waals surface area contributed by atoms with Crippen molar-refractivity contribution in [1.82, 2.24) is 4.90 Å². The minimum atomic E-state index is -0.756. The number of carbonyl (C=O) groups is 2. The molecule has 0 aromatic heterocycles. The van der Waals surface area contributed by atoms with Gasteiger partial charge in [0, 0.05) is 36.6 Å². The minimum absolute atomic E-state index is 0.00969. The van der Waals surface area contributed by atoms with Crippen LogP contribution in [0, 0.1) is 0 Å². The number of hydrogen-bond donors (Lipinski definition) is 2. The molecular weight excluding hydrogens is 410 g/mol. The third-order valence-electron chi connectivity index (χ3n) is 5.17. The molecule has 1 aliphatic rings. The predicted octanol–water partition coefficient (Wildman–Crippen LogP) is 2.04. The van der Waals surface area contributed by atoms with Crippen LogP contribution in [0.5, 0.6) is 5.75 Å². The first-order chi connectivity index (χ1) is 15.4. The number of carbonyl (C=O) groups excluding carboxylic acids is 2. The fourth-order valence-electron chi connectivity index (χ4n) is 3.48. The summed E-state index contributed by atoms with van der Waals surface area (Å²) in [5, 5.41) is 13.1. The lowest BCUT2D eigenvalue weighted by Gasteiger charge is -2.29. The molecule has 1 unspecified atom stereocenters.